The average Bonchev–Trinajstić information content (AvgIpc) is 2.85. The summed E-state index contributed by atoms with van der Waals surface area (Å²) < 4.78 is 28.0. The van der Waals surface area contributed by atoms with Crippen LogP contribution in [0.15, 0.2) is 82.5 Å². The summed E-state index contributed by atoms with van der Waals surface area (Å²) in [5.41, 5.74) is 1.76. The fraction of sp³-hybridized carbons (Fsp3) is 0.115. The van der Waals surface area contributed by atoms with E-state index in [4.69, 9.17) is 34.8 Å². The van der Waals surface area contributed by atoms with Gasteiger partial charge in [-0.3, -0.25) is 9.59 Å². The van der Waals surface area contributed by atoms with Crippen LogP contribution in [0.1, 0.15) is 11.3 Å². The predicted octanol–water partition coefficient (Wildman–Crippen LogP) is 5.54. The van der Waals surface area contributed by atoms with Crippen molar-refractivity contribution >= 4 is 56.4 Å². The van der Waals surface area contributed by atoms with Gasteiger partial charge >= 0.3 is 0 Å². The summed E-state index contributed by atoms with van der Waals surface area (Å²) in [5, 5.41) is 3.68. The summed E-state index contributed by atoms with van der Waals surface area (Å²) in [7, 11) is -4.10. The van der Waals surface area contributed by atoms with E-state index in [1.807, 2.05) is 0 Å². The molecule has 3 aromatic carbocycles. The Hall–Kier alpha value is -3.21. The van der Waals surface area contributed by atoms with Gasteiger partial charge in [0, 0.05) is 34.6 Å². The summed E-state index contributed by atoms with van der Waals surface area (Å²) in [5.74, 6) is -0.233. The second-order valence-corrected chi connectivity index (χ2v) is 11.5. The third-order valence-corrected chi connectivity index (χ3v) is 8.20. The molecule has 4 aromatic rings. The first-order valence-corrected chi connectivity index (χ1v) is 13.8. The largest absolute Gasteiger partial charge is 0.325 e. The standard InChI is InChI=1S/C26H21Cl3N4O4S/c1-16-11-24(34)32-26(30-16)18-3-2-4-20(13-18)31-25(35)15-33(14-17-5-10-22(28)23(29)12-17)38(36,37)21-8-6-19(27)7-9-21/h2-13H,14-15H2,1H3,(H,31,35)(H,30,32,34). The van der Waals surface area contributed by atoms with Crippen molar-refractivity contribution in [2.45, 2.75) is 18.4 Å². The van der Waals surface area contributed by atoms with Crippen molar-refractivity contribution in [3.63, 3.8) is 0 Å². The molecule has 0 saturated heterocycles. The molecule has 0 aliphatic rings. The SMILES string of the molecule is Cc1cc(=O)[nH]c(-c2cccc(NC(=O)CN(Cc3ccc(Cl)c(Cl)c3)S(=O)(=O)c3ccc(Cl)cc3)c2)n1. The highest BCUT2D eigenvalue weighted by Gasteiger charge is 2.27. The Morgan fingerprint density at radius 1 is 0.974 bits per heavy atom. The minimum Gasteiger partial charge on any atom is -0.325 e. The molecular formula is C26H21Cl3N4O4S. The molecule has 38 heavy (non-hydrogen) atoms. The molecular weight excluding hydrogens is 571 g/mol. The van der Waals surface area contributed by atoms with E-state index < -0.39 is 22.5 Å². The number of aromatic amines is 1. The summed E-state index contributed by atoms with van der Waals surface area (Å²) in [6, 6.07) is 18.5. The van der Waals surface area contributed by atoms with Gasteiger partial charge < -0.3 is 10.3 Å². The van der Waals surface area contributed by atoms with Gasteiger partial charge in [-0.1, -0.05) is 53.0 Å². The molecule has 1 amide bonds. The van der Waals surface area contributed by atoms with Crippen LogP contribution in [0, 0.1) is 6.92 Å². The maximum Gasteiger partial charge on any atom is 0.251 e. The van der Waals surface area contributed by atoms with Crippen LogP contribution >= 0.6 is 34.8 Å². The molecule has 0 aliphatic heterocycles. The Labute approximate surface area is 234 Å². The molecule has 0 radical (unpaired) electrons. The van der Waals surface area contributed by atoms with E-state index in [1.54, 1.807) is 49.4 Å². The number of hydrogen-bond acceptors (Lipinski definition) is 5. The summed E-state index contributed by atoms with van der Waals surface area (Å²) in [6.45, 7) is 1.08. The third kappa shape index (κ3) is 6.80. The highest BCUT2D eigenvalue weighted by molar-refractivity contribution is 7.89. The molecule has 1 heterocycles. The van der Waals surface area contributed by atoms with Crippen molar-refractivity contribution in [3.05, 3.63) is 109 Å². The van der Waals surface area contributed by atoms with Gasteiger partial charge in [0.05, 0.1) is 21.5 Å². The number of sulfonamides is 1. The second-order valence-electron chi connectivity index (χ2n) is 8.34. The van der Waals surface area contributed by atoms with Gasteiger partial charge in [0.2, 0.25) is 15.9 Å². The topological polar surface area (TPSA) is 112 Å². The lowest BCUT2D eigenvalue weighted by molar-refractivity contribution is -0.116. The van der Waals surface area contributed by atoms with Crippen LogP contribution < -0.4 is 10.9 Å². The van der Waals surface area contributed by atoms with Crippen LogP contribution in [0.3, 0.4) is 0 Å². The Bertz CT molecular complexity index is 1660. The van der Waals surface area contributed by atoms with Crippen molar-refractivity contribution in [2.75, 3.05) is 11.9 Å². The molecule has 2 N–H and O–H groups in total. The molecule has 1 aromatic heterocycles. The third-order valence-electron chi connectivity index (χ3n) is 5.40. The number of carbonyl (C=O) groups excluding carboxylic acids is 1. The highest BCUT2D eigenvalue weighted by atomic mass is 35.5. The first-order valence-electron chi connectivity index (χ1n) is 11.2. The number of nitrogens with one attached hydrogen (secondary N) is 2. The minimum absolute atomic E-state index is 0.0220. The number of aromatic nitrogens is 2. The lowest BCUT2D eigenvalue weighted by Gasteiger charge is -2.22. The van der Waals surface area contributed by atoms with Crippen molar-refractivity contribution in [1.82, 2.24) is 14.3 Å². The van der Waals surface area contributed by atoms with Crippen molar-refractivity contribution in [3.8, 4) is 11.4 Å². The molecule has 0 unspecified atom stereocenters. The van der Waals surface area contributed by atoms with E-state index in [0.29, 0.717) is 38.4 Å². The summed E-state index contributed by atoms with van der Waals surface area (Å²) in [4.78, 5) is 31.9. The fourth-order valence-electron chi connectivity index (χ4n) is 3.64. The van der Waals surface area contributed by atoms with Crippen molar-refractivity contribution in [2.24, 2.45) is 0 Å². The van der Waals surface area contributed by atoms with Gasteiger partial charge in [0.25, 0.3) is 5.56 Å². The molecule has 0 saturated carbocycles. The summed E-state index contributed by atoms with van der Waals surface area (Å²) in [6.07, 6.45) is 0. The van der Waals surface area contributed by atoms with Crippen molar-refractivity contribution in [1.29, 1.82) is 0 Å². The first-order chi connectivity index (χ1) is 18.0. The van der Waals surface area contributed by atoms with E-state index >= 15 is 0 Å². The van der Waals surface area contributed by atoms with Gasteiger partial charge in [-0.25, -0.2) is 13.4 Å². The first kappa shape index (κ1) is 27.8. The number of amides is 1. The molecule has 0 bridgehead atoms. The number of anilines is 1. The number of rotatable bonds is 8. The lowest BCUT2D eigenvalue weighted by atomic mass is 10.2. The Kier molecular flexibility index (Phi) is 8.54. The molecule has 0 aliphatic carbocycles. The Morgan fingerprint density at radius 3 is 2.39 bits per heavy atom. The number of carbonyl (C=O) groups is 1. The normalized spacial score (nSPS) is 11.5. The smallest absolute Gasteiger partial charge is 0.251 e. The van der Waals surface area contributed by atoms with Crippen LogP contribution in [-0.2, 0) is 21.4 Å². The van der Waals surface area contributed by atoms with Crippen LogP contribution in [0.4, 0.5) is 5.69 Å². The maximum atomic E-state index is 13.5. The zero-order valence-electron chi connectivity index (χ0n) is 19.9. The molecule has 8 nitrogen and oxygen atoms in total. The highest BCUT2D eigenvalue weighted by Crippen LogP contribution is 2.26. The maximum absolute atomic E-state index is 13.5. The van der Waals surface area contributed by atoms with E-state index in [0.717, 1.165) is 4.31 Å². The monoisotopic (exact) mass is 590 g/mol. The quantitative estimate of drug-likeness (QED) is 0.280. The van der Waals surface area contributed by atoms with Crippen LogP contribution in [0.5, 0.6) is 0 Å². The van der Waals surface area contributed by atoms with Gasteiger partial charge in [0.15, 0.2) is 0 Å². The number of H-pyrrole nitrogens is 1. The number of halogens is 3. The van der Waals surface area contributed by atoms with Crippen LogP contribution in [0.25, 0.3) is 11.4 Å². The van der Waals surface area contributed by atoms with E-state index in [2.05, 4.69) is 15.3 Å². The molecule has 0 atom stereocenters. The van der Waals surface area contributed by atoms with Gasteiger partial charge in [0.1, 0.15) is 5.82 Å². The Morgan fingerprint density at radius 2 is 1.71 bits per heavy atom. The number of nitrogens with zero attached hydrogens (tertiary/aromatic N) is 2. The van der Waals surface area contributed by atoms with Gasteiger partial charge in [-0.2, -0.15) is 4.31 Å². The molecule has 0 fully saturated rings. The summed E-state index contributed by atoms with van der Waals surface area (Å²) >= 11 is 18.1. The van der Waals surface area contributed by atoms with Crippen molar-refractivity contribution < 1.29 is 13.2 Å². The molecule has 0 spiro atoms. The second kappa shape index (κ2) is 11.7. The Balaban J connectivity index is 1.60. The zero-order valence-corrected chi connectivity index (χ0v) is 23.0. The van der Waals surface area contributed by atoms with Crippen LogP contribution in [-0.4, -0.2) is 35.1 Å². The number of hydrogen-bond donors (Lipinski definition) is 2. The minimum atomic E-state index is -4.10. The van der Waals surface area contributed by atoms with E-state index in [1.165, 1.54) is 30.3 Å². The van der Waals surface area contributed by atoms with Gasteiger partial charge in [-0.15, -0.1) is 0 Å². The van der Waals surface area contributed by atoms with E-state index in [9.17, 15) is 18.0 Å². The number of aryl methyl sites for hydroxylation is 1. The zero-order chi connectivity index (χ0) is 27.4. The molecule has 196 valence electrons. The molecule has 4 rings (SSSR count). The molecule has 12 heteroatoms. The number of benzene rings is 3. The average molecular weight is 592 g/mol. The predicted molar refractivity (Wildman–Crippen MR) is 149 cm³/mol. The lowest BCUT2D eigenvalue weighted by Crippen LogP contribution is -2.37. The van der Waals surface area contributed by atoms with Crippen LogP contribution in [0.2, 0.25) is 15.1 Å². The van der Waals surface area contributed by atoms with Gasteiger partial charge in [-0.05, 0) is 61.0 Å². The fourth-order valence-corrected chi connectivity index (χ4v) is 5.47. The van der Waals surface area contributed by atoms with E-state index in [-0.39, 0.29) is 22.0 Å².